The Bertz CT molecular complexity index is 304. The molecular formula is C15H29ClN2O2. The van der Waals surface area contributed by atoms with Crippen molar-refractivity contribution in [3.8, 4) is 0 Å². The summed E-state index contributed by atoms with van der Waals surface area (Å²) in [6.07, 6.45) is 6.45. The number of amides is 1. The van der Waals surface area contributed by atoms with Crippen LogP contribution < -0.4 is 5.73 Å². The van der Waals surface area contributed by atoms with E-state index in [4.69, 9.17) is 10.5 Å². The lowest BCUT2D eigenvalue weighted by atomic mass is 9.78. The molecule has 2 fully saturated rings. The maximum absolute atomic E-state index is 12.8. The predicted octanol–water partition coefficient (Wildman–Crippen LogP) is 2.20. The van der Waals surface area contributed by atoms with E-state index in [-0.39, 0.29) is 17.8 Å². The van der Waals surface area contributed by atoms with Crippen LogP contribution >= 0.6 is 12.4 Å². The van der Waals surface area contributed by atoms with Crippen LogP contribution in [0, 0.1) is 11.3 Å². The zero-order valence-electron chi connectivity index (χ0n) is 12.6. The minimum atomic E-state index is -0.341. The molecule has 0 bridgehead atoms. The largest absolute Gasteiger partial charge is 0.381 e. The van der Waals surface area contributed by atoms with Crippen LogP contribution in [0.1, 0.15) is 45.4 Å². The summed E-state index contributed by atoms with van der Waals surface area (Å²) in [6, 6.07) is 0. The SMILES string of the molecule is CCCC1CCCN(C(=O)C2(CN)CCOCC2)C1.Cl. The van der Waals surface area contributed by atoms with Crippen molar-refractivity contribution in [2.75, 3.05) is 32.8 Å². The third-order valence-electron chi connectivity index (χ3n) is 4.80. The van der Waals surface area contributed by atoms with E-state index in [1.807, 2.05) is 0 Å². The van der Waals surface area contributed by atoms with E-state index in [9.17, 15) is 4.79 Å². The number of hydrogen-bond acceptors (Lipinski definition) is 3. The Labute approximate surface area is 128 Å². The van der Waals surface area contributed by atoms with Gasteiger partial charge in [-0.1, -0.05) is 13.3 Å². The second-order valence-electron chi connectivity index (χ2n) is 6.14. The Morgan fingerprint density at radius 2 is 2.10 bits per heavy atom. The molecule has 0 spiro atoms. The molecule has 2 saturated heterocycles. The van der Waals surface area contributed by atoms with Crippen molar-refractivity contribution >= 4 is 18.3 Å². The molecule has 1 atom stereocenters. The molecule has 2 N–H and O–H groups in total. The van der Waals surface area contributed by atoms with Gasteiger partial charge in [0.1, 0.15) is 0 Å². The molecule has 4 nitrogen and oxygen atoms in total. The zero-order chi connectivity index (χ0) is 13.7. The van der Waals surface area contributed by atoms with E-state index >= 15 is 0 Å². The molecule has 1 unspecified atom stereocenters. The third-order valence-corrected chi connectivity index (χ3v) is 4.80. The van der Waals surface area contributed by atoms with Gasteiger partial charge >= 0.3 is 0 Å². The monoisotopic (exact) mass is 304 g/mol. The van der Waals surface area contributed by atoms with E-state index in [0.29, 0.717) is 31.6 Å². The first kappa shape index (κ1) is 17.7. The highest BCUT2D eigenvalue weighted by Crippen LogP contribution is 2.33. The normalized spacial score (nSPS) is 25.9. The minimum Gasteiger partial charge on any atom is -0.381 e. The van der Waals surface area contributed by atoms with E-state index < -0.39 is 0 Å². The molecule has 0 aromatic heterocycles. The summed E-state index contributed by atoms with van der Waals surface area (Å²) in [5.41, 5.74) is 5.60. The highest BCUT2D eigenvalue weighted by Gasteiger charge is 2.42. The lowest BCUT2D eigenvalue weighted by Gasteiger charge is -2.42. The number of rotatable bonds is 4. The van der Waals surface area contributed by atoms with Crippen molar-refractivity contribution in [3.05, 3.63) is 0 Å². The van der Waals surface area contributed by atoms with Gasteiger partial charge in [0.2, 0.25) is 5.91 Å². The first-order valence-corrected chi connectivity index (χ1v) is 7.79. The quantitative estimate of drug-likeness (QED) is 0.866. The van der Waals surface area contributed by atoms with Crippen LogP contribution in [-0.2, 0) is 9.53 Å². The van der Waals surface area contributed by atoms with Crippen LogP contribution in [0.2, 0.25) is 0 Å². The average molecular weight is 305 g/mol. The first-order valence-electron chi connectivity index (χ1n) is 7.79. The lowest BCUT2D eigenvalue weighted by Crippen LogP contribution is -2.53. The van der Waals surface area contributed by atoms with E-state index in [2.05, 4.69) is 11.8 Å². The van der Waals surface area contributed by atoms with Gasteiger partial charge in [0.15, 0.2) is 0 Å². The molecule has 1 amide bonds. The molecule has 0 aliphatic carbocycles. The number of carbonyl (C=O) groups excluding carboxylic acids is 1. The highest BCUT2D eigenvalue weighted by molar-refractivity contribution is 5.85. The predicted molar refractivity (Wildman–Crippen MR) is 83.0 cm³/mol. The molecule has 0 saturated carbocycles. The molecule has 2 heterocycles. The minimum absolute atomic E-state index is 0. The van der Waals surface area contributed by atoms with Gasteiger partial charge in [0.25, 0.3) is 0 Å². The van der Waals surface area contributed by atoms with E-state index in [1.54, 1.807) is 0 Å². The molecule has 118 valence electrons. The van der Waals surface area contributed by atoms with Crippen LogP contribution in [-0.4, -0.2) is 43.7 Å². The summed E-state index contributed by atoms with van der Waals surface area (Å²) in [5.74, 6) is 0.983. The average Bonchev–Trinajstić information content (AvgIpc) is 2.48. The standard InChI is InChI=1S/C15H28N2O2.ClH/c1-2-4-13-5-3-8-17(11-13)14(18)15(12-16)6-9-19-10-7-15;/h13H,2-12,16H2,1H3;1H. The molecule has 5 heteroatoms. The van der Waals surface area contributed by atoms with E-state index in [1.165, 1.54) is 19.3 Å². The van der Waals surface area contributed by atoms with Gasteiger partial charge in [-0.05, 0) is 38.0 Å². The van der Waals surface area contributed by atoms with Gasteiger partial charge < -0.3 is 15.4 Å². The summed E-state index contributed by atoms with van der Waals surface area (Å²) >= 11 is 0. The molecule has 2 aliphatic rings. The number of ether oxygens (including phenoxy) is 1. The first-order chi connectivity index (χ1) is 9.22. The lowest BCUT2D eigenvalue weighted by molar-refractivity contribution is -0.149. The Hall–Kier alpha value is -0.320. The number of nitrogens with zero attached hydrogens (tertiary/aromatic N) is 1. The van der Waals surface area contributed by atoms with Crippen molar-refractivity contribution in [2.24, 2.45) is 17.1 Å². The Balaban J connectivity index is 0.00000200. The van der Waals surface area contributed by atoms with Gasteiger partial charge in [-0.15, -0.1) is 12.4 Å². The highest BCUT2D eigenvalue weighted by atomic mass is 35.5. The number of likely N-dealkylation sites (tertiary alicyclic amines) is 1. The second kappa shape index (κ2) is 8.20. The summed E-state index contributed by atoms with van der Waals surface area (Å²) in [6.45, 7) is 5.89. The van der Waals surface area contributed by atoms with Gasteiger partial charge in [0.05, 0.1) is 5.41 Å². The van der Waals surface area contributed by atoms with Crippen molar-refractivity contribution in [1.29, 1.82) is 0 Å². The summed E-state index contributed by atoms with van der Waals surface area (Å²) in [7, 11) is 0. The molecule has 0 aromatic rings. The van der Waals surface area contributed by atoms with Crippen molar-refractivity contribution in [3.63, 3.8) is 0 Å². The second-order valence-corrected chi connectivity index (χ2v) is 6.14. The van der Waals surface area contributed by atoms with E-state index in [0.717, 1.165) is 32.4 Å². The molecule has 20 heavy (non-hydrogen) atoms. The van der Waals surface area contributed by atoms with Gasteiger partial charge in [-0.2, -0.15) is 0 Å². The van der Waals surface area contributed by atoms with Crippen molar-refractivity contribution in [2.45, 2.75) is 45.4 Å². The van der Waals surface area contributed by atoms with Gasteiger partial charge in [0, 0.05) is 32.8 Å². The molecule has 0 aromatic carbocycles. The zero-order valence-corrected chi connectivity index (χ0v) is 13.4. The van der Waals surface area contributed by atoms with Crippen molar-refractivity contribution < 1.29 is 9.53 Å². The smallest absolute Gasteiger partial charge is 0.230 e. The Kier molecular flexibility index (Phi) is 7.27. The van der Waals surface area contributed by atoms with Crippen LogP contribution in [0.25, 0.3) is 0 Å². The summed E-state index contributed by atoms with van der Waals surface area (Å²) in [4.78, 5) is 14.9. The number of hydrogen-bond donors (Lipinski definition) is 1. The van der Waals surface area contributed by atoms with Gasteiger partial charge in [-0.25, -0.2) is 0 Å². The Morgan fingerprint density at radius 3 is 2.70 bits per heavy atom. The summed E-state index contributed by atoms with van der Waals surface area (Å²) in [5, 5.41) is 0. The maximum Gasteiger partial charge on any atom is 0.230 e. The summed E-state index contributed by atoms with van der Waals surface area (Å²) < 4.78 is 5.40. The number of halogens is 1. The number of carbonyl (C=O) groups is 1. The number of nitrogens with two attached hydrogens (primary N) is 1. The fourth-order valence-corrected chi connectivity index (χ4v) is 3.50. The third kappa shape index (κ3) is 3.86. The number of piperidine rings is 1. The molecular weight excluding hydrogens is 276 g/mol. The van der Waals surface area contributed by atoms with Crippen molar-refractivity contribution in [1.82, 2.24) is 4.90 Å². The molecule has 2 aliphatic heterocycles. The topological polar surface area (TPSA) is 55.6 Å². The van der Waals surface area contributed by atoms with Gasteiger partial charge in [-0.3, -0.25) is 4.79 Å². The van der Waals surface area contributed by atoms with Crippen LogP contribution in [0.4, 0.5) is 0 Å². The van der Waals surface area contributed by atoms with Crippen LogP contribution in [0.3, 0.4) is 0 Å². The molecule has 2 rings (SSSR count). The maximum atomic E-state index is 12.8. The van der Waals surface area contributed by atoms with Crippen LogP contribution in [0.5, 0.6) is 0 Å². The fraction of sp³-hybridized carbons (Fsp3) is 0.933. The fourth-order valence-electron chi connectivity index (χ4n) is 3.50. The molecule has 0 radical (unpaired) electrons. The Morgan fingerprint density at radius 1 is 1.40 bits per heavy atom. The van der Waals surface area contributed by atoms with Crippen LogP contribution in [0.15, 0.2) is 0 Å².